The van der Waals surface area contributed by atoms with Crippen LogP contribution in [0.4, 0.5) is 0 Å². The molecular weight excluding hydrogens is 436 g/mol. The maximum absolute atomic E-state index is 12.1. The summed E-state index contributed by atoms with van der Waals surface area (Å²) in [5.41, 5.74) is 0.906. The molecule has 194 valence electrons. The Labute approximate surface area is 213 Å². The summed E-state index contributed by atoms with van der Waals surface area (Å²) in [6.45, 7) is 7.53. The van der Waals surface area contributed by atoms with Crippen molar-refractivity contribution in [1.82, 2.24) is 9.97 Å². The summed E-state index contributed by atoms with van der Waals surface area (Å²) in [4.78, 5) is 20.8. The van der Waals surface area contributed by atoms with Gasteiger partial charge in [0.05, 0.1) is 19.0 Å². The molecule has 0 aliphatic heterocycles. The Morgan fingerprint density at radius 2 is 1.43 bits per heavy atom. The Kier molecular flexibility index (Phi) is 14.8. The van der Waals surface area contributed by atoms with E-state index in [9.17, 15) is 4.79 Å². The molecule has 0 N–H and O–H groups in total. The molecule has 1 aromatic carbocycles. The maximum atomic E-state index is 12.1. The first-order valence-corrected chi connectivity index (χ1v) is 13.9. The van der Waals surface area contributed by atoms with Gasteiger partial charge >= 0.3 is 5.97 Å². The van der Waals surface area contributed by atoms with E-state index in [1.807, 2.05) is 24.3 Å². The van der Waals surface area contributed by atoms with E-state index in [0.29, 0.717) is 18.0 Å². The molecule has 5 nitrogen and oxygen atoms in total. The van der Waals surface area contributed by atoms with Gasteiger partial charge in [-0.15, -0.1) is 0 Å². The molecule has 1 atom stereocenters. The summed E-state index contributed by atoms with van der Waals surface area (Å²) in [6.07, 6.45) is 19.4. The molecule has 2 rings (SSSR count). The van der Waals surface area contributed by atoms with Crippen LogP contribution in [0.1, 0.15) is 111 Å². The molecule has 1 unspecified atom stereocenters. The quantitative estimate of drug-likeness (QED) is 0.148. The van der Waals surface area contributed by atoms with Crippen molar-refractivity contribution < 1.29 is 14.3 Å². The minimum absolute atomic E-state index is 0.217. The van der Waals surface area contributed by atoms with Crippen molar-refractivity contribution in [2.75, 3.05) is 6.61 Å². The molecule has 1 aromatic heterocycles. The highest BCUT2D eigenvalue weighted by Gasteiger charge is 2.08. The lowest BCUT2D eigenvalue weighted by Gasteiger charge is -2.08. The second-order valence-electron chi connectivity index (χ2n) is 9.68. The molecule has 0 fully saturated rings. The molecule has 2 aromatic rings. The van der Waals surface area contributed by atoms with E-state index in [1.165, 1.54) is 64.2 Å². The highest BCUT2D eigenvalue weighted by Crippen LogP contribution is 2.21. The van der Waals surface area contributed by atoms with Crippen LogP contribution in [0.15, 0.2) is 36.7 Å². The van der Waals surface area contributed by atoms with Crippen molar-refractivity contribution in [1.29, 1.82) is 0 Å². The fourth-order valence-electron chi connectivity index (χ4n) is 3.97. The number of benzene rings is 1. The molecule has 0 aliphatic carbocycles. The Bertz CT molecular complexity index is 805. The molecule has 0 aliphatic rings. The van der Waals surface area contributed by atoms with Crippen LogP contribution in [0.2, 0.25) is 0 Å². The smallest absolute Gasteiger partial charge is 0.311 e. The van der Waals surface area contributed by atoms with E-state index in [2.05, 4.69) is 30.7 Å². The zero-order valence-corrected chi connectivity index (χ0v) is 22.3. The van der Waals surface area contributed by atoms with Gasteiger partial charge in [0.15, 0.2) is 11.6 Å². The van der Waals surface area contributed by atoms with E-state index in [1.54, 1.807) is 12.4 Å². The highest BCUT2D eigenvalue weighted by molar-refractivity contribution is 5.72. The Hall–Kier alpha value is -2.43. The Morgan fingerprint density at radius 3 is 2.11 bits per heavy atom. The minimum Gasteiger partial charge on any atom is -0.494 e. The average Bonchev–Trinajstić information content (AvgIpc) is 2.88. The molecule has 0 bridgehead atoms. The fraction of sp³-hybridized carbons (Fsp3) is 0.633. The summed E-state index contributed by atoms with van der Waals surface area (Å²) in [5.74, 6) is 2.44. The first-order valence-electron chi connectivity index (χ1n) is 13.9. The summed E-state index contributed by atoms with van der Waals surface area (Å²) in [7, 11) is 0. The van der Waals surface area contributed by atoms with Gasteiger partial charge in [-0.1, -0.05) is 91.4 Å². The maximum Gasteiger partial charge on any atom is 0.311 e. The van der Waals surface area contributed by atoms with Crippen molar-refractivity contribution in [3.8, 4) is 22.9 Å². The van der Waals surface area contributed by atoms with Gasteiger partial charge in [-0.05, 0) is 43.0 Å². The second kappa shape index (κ2) is 17.9. The summed E-state index contributed by atoms with van der Waals surface area (Å²) in [5, 5.41) is 0. The summed E-state index contributed by atoms with van der Waals surface area (Å²) >= 11 is 0. The van der Waals surface area contributed by atoms with E-state index < -0.39 is 0 Å². The van der Waals surface area contributed by atoms with Crippen molar-refractivity contribution in [3.63, 3.8) is 0 Å². The number of esters is 1. The van der Waals surface area contributed by atoms with Crippen LogP contribution < -0.4 is 9.47 Å². The number of carbonyl (C=O) groups is 1. The standard InChI is InChI=1S/C30H46N2O3/c1-4-6-7-8-9-12-15-22-34-27-20-18-26(19-21-27)30-31-23-28(24-32-30)35-29(33)17-14-11-10-13-16-25(3)5-2/h18-21,23-25H,4-17,22H2,1-3H3. The van der Waals surface area contributed by atoms with Crippen LogP contribution in [0, 0.1) is 5.92 Å². The van der Waals surface area contributed by atoms with Crippen LogP contribution >= 0.6 is 0 Å². The SMILES string of the molecule is CCCCCCCCCOc1ccc(-c2ncc(OC(=O)CCCCCCC(C)CC)cn2)cc1. The van der Waals surface area contributed by atoms with Crippen LogP contribution in [-0.2, 0) is 4.79 Å². The molecule has 0 amide bonds. The number of hydrogen-bond acceptors (Lipinski definition) is 5. The normalized spacial score (nSPS) is 11.9. The molecule has 0 spiro atoms. The number of carbonyl (C=O) groups excluding carboxylic acids is 1. The molecule has 1 heterocycles. The largest absolute Gasteiger partial charge is 0.494 e. The third-order valence-corrected chi connectivity index (χ3v) is 6.51. The topological polar surface area (TPSA) is 61.3 Å². The average molecular weight is 483 g/mol. The molecule has 5 heteroatoms. The monoisotopic (exact) mass is 482 g/mol. The number of nitrogens with zero attached hydrogens (tertiary/aromatic N) is 2. The lowest BCUT2D eigenvalue weighted by molar-refractivity contribution is -0.134. The third-order valence-electron chi connectivity index (χ3n) is 6.51. The Balaban J connectivity index is 1.64. The van der Waals surface area contributed by atoms with Crippen molar-refractivity contribution >= 4 is 5.97 Å². The van der Waals surface area contributed by atoms with Crippen molar-refractivity contribution in [3.05, 3.63) is 36.7 Å². The molecular formula is C30H46N2O3. The number of ether oxygens (including phenoxy) is 2. The molecule has 35 heavy (non-hydrogen) atoms. The van der Waals surface area contributed by atoms with Gasteiger partial charge in [-0.2, -0.15) is 0 Å². The van der Waals surface area contributed by atoms with Crippen LogP contribution in [0.25, 0.3) is 11.4 Å². The lowest BCUT2D eigenvalue weighted by Crippen LogP contribution is -2.08. The van der Waals surface area contributed by atoms with E-state index in [4.69, 9.17) is 9.47 Å². The lowest BCUT2D eigenvalue weighted by atomic mass is 10.0. The van der Waals surface area contributed by atoms with E-state index in [0.717, 1.165) is 43.1 Å². The number of hydrogen-bond donors (Lipinski definition) is 0. The third kappa shape index (κ3) is 12.7. The fourth-order valence-corrected chi connectivity index (χ4v) is 3.97. The molecule has 0 radical (unpaired) electrons. The Morgan fingerprint density at radius 1 is 0.800 bits per heavy atom. The number of aromatic nitrogens is 2. The van der Waals surface area contributed by atoms with Gasteiger partial charge < -0.3 is 9.47 Å². The minimum atomic E-state index is -0.217. The predicted molar refractivity (Wildman–Crippen MR) is 144 cm³/mol. The van der Waals surface area contributed by atoms with Crippen LogP contribution in [0.3, 0.4) is 0 Å². The van der Waals surface area contributed by atoms with Crippen LogP contribution in [0.5, 0.6) is 11.5 Å². The number of rotatable bonds is 19. The summed E-state index contributed by atoms with van der Waals surface area (Å²) in [6, 6.07) is 7.83. The first-order chi connectivity index (χ1) is 17.1. The van der Waals surface area contributed by atoms with Gasteiger partial charge in [0.2, 0.25) is 0 Å². The molecule has 0 saturated heterocycles. The van der Waals surface area contributed by atoms with E-state index >= 15 is 0 Å². The van der Waals surface area contributed by atoms with E-state index in [-0.39, 0.29) is 5.97 Å². The van der Waals surface area contributed by atoms with Crippen molar-refractivity contribution in [2.45, 2.75) is 111 Å². The molecule has 0 saturated carbocycles. The van der Waals surface area contributed by atoms with Crippen molar-refractivity contribution in [2.24, 2.45) is 5.92 Å². The highest BCUT2D eigenvalue weighted by atomic mass is 16.5. The zero-order chi connectivity index (χ0) is 25.1. The first kappa shape index (κ1) is 28.8. The van der Waals surface area contributed by atoms with Gasteiger partial charge in [0.1, 0.15) is 5.75 Å². The van der Waals surface area contributed by atoms with Crippen LogP contribution in [-0.4, -0.2) is 22.5 Å². The number of unbranched alkanes of at least 4 members (excludes halogenated alkanes) is 9. The van der Waals surface area contributed by atoms with Gasteiger partial charge in [-0.25, -0.2) is 9.97 Å². The van der Waals surface area contributed by atoms with Gasteiger partial charge in [0, 0.05) is 12.0 Å². The summed E-state index contributed by atoms with van der Waals surface area (Å²) < 4.78 is 11.3. The van der Waals surface area contributed by atoms with Gasteiger partial charge in [-0.3, -0.25) is 4.79 Å². The predicted octanol–water partition coefficient (Wildman–Crippen LogP) is 8.57. The van der Waals surface area contributed by atoms with Gasteiger partial charge in [0.25, 0.3) is 0 Å². The second-order valence-corrected chi connectivity index (χ2v) is 9.68. The zero-order valence-electron chi connectivity index (χ0n) is 22.3.